The van der Waals surface area contributed by atoms with Crippen molar-refractivity contribution >= 4 is 15.7 Å². The van der Waals surface area contributed by atoms with Crippen LogP contribution >= 0.6 is 0 Å². The van der Waals surface area contributed by atoms with E-state index in [4.69, 9.17) is 14.3 Å². The molecule has 2 rings (SSSR count). The van der Waals surface area contributed by atoms with Gasteiger partial charge in [-0.1, -0.05) is 36.4 Å². The fourth-order valence-electron chi connectivity index (χ4n) is 2.57. The Morgan fingerprint density at radius 3 is 2.29 bits per heavy atom. The van der Waals surface area contributed by atoms with Crippen LogP contribution in [0, 0.1) is 0 Å². The maximum absolute atomic E-state index is 12.4. The zero-order chi connectivity index (χ0) is 20.8. The van der Waals surface area contributed by atoms with E-state index in [0.29, 0.717) is 17.9 Å². The number of nitrogens with one attached hydrogen (secondary N) is 1. The molecule has 1 amide bonds. The summed E-state index contributed by atoms with van der Waals surface area (Å²) in [4.78, 5) is 14.7. The normalized spacial score (nSPS) is 13.4. The summed E-state index contributed by atoms with van der Waals surface area (Å²) in [5, 5.41) is 10.6. The SMILES string of the molecule is COc1ccc(CCONC(=O)C(O)(c2ccccc2)S(C)(=O)=O)cc1OC. The number of benzene rings is 2. The number of hydrogen-bond donors (Lipinski definition) is 2. The van der Waals surface area contributed by atoms with Gasteiger partial charge in [0.2, 0.25) is 0 Å². The highest BCUT2D eigenvalue weighted by molar-refractivity contribution is 7.92. The van der Waals surface area contributed by atoms with Crippen molar-refractivity contribution in [2.24, 2.45) is 0 Å². The molecule has 2 aromatic rings. The summed E-state index contributed by atoms with van der Waals surface area (Å²) in [5.41, 5.74) is 2.81. The second-order valence-electron chi connectivity index (χ2n) is 6.00. The largest absolute Gasteiger partial charge is 0.493 e. The van der Waals surface area contributed by atoms with Crippen molar-refractivity contribution in [3.05, 3.63) is 59.7 Å². The fourth-order valence-corrected chi connectivity index (χ4v) is 3.51. The third kappa shape index (κ3) is 4.61. The van der Waals surface area contributed by atoms with E-state index >= 15 is 0 Å². The van der Waals surface area contributed by atoms with Crippen LogP contribution in [-0.2, 0) is 30.8 Å². The maximum atomic E-state index is 12.4. The molecular weight excluding hydrogens is 386 g/mol. The van der Waals surface area contributed by atoms with Crippen molar-refractivity contribution in [1.29, 1.82) is 0 Å². The van der Waals surface area contributed by atoms with Gasteiger partial charge in [0, 0.05) is 11.8 Å². The van der Waals surface area contributed by atoms with E-state index in [1.54, 1.807) is 18.2 Å². The summed E-state index contributed by atoms with van der Waals surface area (Å²) in [6.45, 7) is 0.0514. The van der Waals surface area contributed by atoms with Gasteiger partial charge in [0.05, 0.1) is 20.8 Å². The van der Waals surface area contributed by atoms with Crippen LogP contribution in [0.4, 0.5) is 0 Å². The van der Waals surface area contributed by atoms with E-state index in [9.17, 15) is 18.3 Å². The molecule has 0 saturated heterocycles. The number of hydroxylamine groups is 1. The average molecular weight is 409 g/mol. The molecule has 0 heterocycles. The lowest BCUT2D eigenvalue weighted by Crippen LogP contribution is -2.49. The van der Waals surface area contributed by atoms with E-state index in [0.717, 1.165) is 11.8 Å². The molecule has 0 aliphatic carbocycles. The minimum absolute atomic E-state index is 0.0514. The first-order valence-corrected chi connectivity index (χ1v) is 10.2. The minimum Gasteiger partial charge on any atom is -0.493 e. The van der Waals surface area contributed by atoms with Crippen LogP contribution in [0.3, 0.4) is 0 Å². The van der Waals surface area contributed by atoms with Gasteiger partial charge in [0.25, 0.3) is 10.8 Å². The fraction of sp³-hybridized carbons (Fsp3) is 0.316. The first kappa shape index (κ1) is 21.7. The van der Waals surface area contributed by atoms with E-state index in [1.165, 1.54) is 38.5 Å². The number of carbonyl (C=O) groups is 1. The quantitative estimate of drug-likeness (QED) is 0.473. The van der Waals surface area contributed by atoms with Crippen LogP contribution in [0.2, 0.25) is 0 Å². The Labute approximate surface area is 163 Å². The summed E-state index contributed by atoms with van der Waals surface area (Å²) >= 11 is 0. The van der Waals surface area contributed by atoms with Crippen LogP contribution in [0.15, 0.2) is 48.5 Å². The number of methoxy groups -OCH3 is 2. The molecule has 1 unspecified atom stereocenters. The molecule has 0 aliphatic heterocycles. The molecule has 2 N–H and O–H groups in total. The standard InChI is InChI=1S/C19H23NO7S/c1-25-16-10-9-14(13-17(16)26-2)11-12-27-20-18(21)19(22,28(3,23)24)15-7-5-4-6-8-15/h4-10,13,22H,11-12H2,1-3H3,(H,20,21). The Morgan fingerprint density at radius 2 is 1.71 bits per heavy atom. The van der Waals surface area contributed by atoms with Crippen LogP contribution in [0.1, 0.15) is 11.1 Å². The molecule has 0 fully saturated rings. The predicted octanol–water partition coefficient (Wildman–Crippen LogP) is 1.18. The monoisotopic (exact) mass is 409 g/mol. The summed E-state index contributed by atoms with van der Waals surface area (Å²) in [6.07, 6.45) is 1.19. The lowest BCUT2D eigenvalue weighted by molar-refractivity contribution is -0.146. The highest BCUT2D eigenvalue weighted by atomic mass is 32.2. The van der Waals surface area contributed by atoms with Gasteiger partial charge in [-0.2, -0.15) is 0 Å². The van der Waals surface area contributed by atoms with E-state index in [2.05, 4.69) is 0 Å². The van der Waals surface area contributed by atoms with Gasteiger partial charge in [0.15, 0.2) is 21.3 Å². The zero-order valence-corrected chi connectivity index (χ0v) is 16.7. The Balaban J connectivity index is 2.03. The molecule has 2 aromatic carbocycles. The van der Waals surface area contributed by atoms with Crippen molar-refractivity contribution in [3.63, 3.8) is 0 Å². The highest BCUT2D eigenvalue weighted by Crippen LogP contribution is 2.28. The number of ether oxygens (including phenoxy) is 2. The smallest absolute Gasteiger partial charge is 0.296 e. The van der Waals surface area contributed by atoms with Gasteiger partial charge < -0.3 is 14.6 Å². The molecule has 0 aliphatic rings. The van der Waals surface area contributed by atoms with Crippen molar-refractivity contribution < 1.29 is 32.6 Å². The van der Waals surface area contributed by atoms with Crippen LogP contribution < -0.4 is 15.0 Å². The van der Waals surface area contributed by atoms with Gasteiger partial charge >= 0.3 is 0 Å². The molecule has 0 spiro atoms. The van der Waals surface area contributed by atoms with Gasteiger partial charge in [0.1, 0.15) is 0 Å². The molecule has 9 heteroatoms. The van der Waals surface area contributed by atoms with Crippen molar-refractivity contribution in [2.45, 2.75) is 11.4 Å². The summed E-state index contributed by atoms with van der Waals surface area (Å²) in [7, 11) is -1.13. The third-order valence-electron chi connectivity index (χ3n) is 4.12. The Hall–Kier alpha value is -2.62. The molecular formula is C19H23NO7S. The second kappa shape index (κ2) is 9.05. The van der Waals surface area contributed by atoms with E-state index in [-0.39, 0.29) is 12.2 Å². The molecule has 28 heavy (non-hydrogen) atoms. The number of amides is 1. The van der Waals surface area contributed by atoms with E-state index < -0.39 is 20.7 Å². The van der Waals surface area contributed by atoms with Crippen molar-refractivity contribution in [3.8, 4) is 11.5 Å². The van der Waals surface area contributed by atoms with Gasteiger partial charge in [-0.3, -0.25) is 9.63 Å². The van der Waals surface area contributed by atoms with Crippen molar-refractivity contribution in [2.75, 3.05) is 27.1 Å². The first-order chi connectivity index (χ1) is 13.2. The first-order valence-electron chi connectivity index (χ1n) is 8.34. The number of hydrogen-bond acceptors (Lipinski definition) is 7. The molecule has 8 nitrogen and oxygen atoms in total. The van der Waals surface area contributed by atoms with Gasteiger partial charge in [-0.25, -0.2) is 13.9 Å². The third-order valence-corrected chi connectivity index (χ3v) is 5.61. The maximum Gasteiger partial charge on any atom is 0.296 e. The Morgan fingerprint density at radius 1 is 1.07 bits per heavy atom. The summed E-state index contributed by atoms with van der Waals surface area (Å²) < 4.78 is 34.6. The lowest BCUT2D eigenvalue weighted by atomic mass is 10.1. The molecule has 1 atom stereocenters. The zero-order valence-electron chi connectivity index (χ0n) is 15.8. The Kier molecular flexibility index (Phi) is 7.00. The number of sulfone groups is 1. The van der Waals surface area contributed by atoms with Crippen LogP contribution in [0.5, 0.6) is 11.5 Å². The number of rotatable bonds is 9. The number of aliphatic hydroxyl groups is 1. The summed E-state index contributed by atoms with van der Waals surface area (Å²) in [5.74, 6) is -0.0466. The van der Waals surface area contributed by atoms with Crippen LogP contribution in [0.25, 0.3) is 0 Å². The van der Waals surface area contributed by atoms with Crippen LogP contribution in [-0.4, -0.2) is 46.5 Å². The number of carbonyl (C=O) groups excluding carboxylic acids is 1. The Bertz CT molecular complexity index is 915. The minimum atomic E-state index is -4.19. The molecule has 0 bridgehead atoms. The molecule has 152 valence electrons. The highest BCUT2D eigenvalue weighted by Gasteiger charge is 2.48. The summed E-state index contributed by atoms with van der Waals surface area (Å²) in [6, 6.07) is 12.7. The van der Waals surface area contributed by atoms with Crippen molar-refractivity contribution in [1.82, 2.24) is 5.48 Å². The molecule has 0 aromatic heterocycles. The van der Waals surface area contributed by atoms with E-state index in [1.807, 2.05) is 11.5 Å². The lowest BCUT2D eigenvalue weighted by Gasteiger charge is -2.25. The molecule has 0 radical (unpaired) electrons. The predicted molar refractivity (Wildman–Crippen MR) is 103 cm³/mol. The molecule has 0 saturated carbocycles. The van der Waals surface area contributed by atoms with Gasteiger partial charge in [-0.15, -0.1) is 0 Å². The van der Waals surface area contributed by atoms with Gasteiger partial charge in [-0.05, 0) is 24.1 Å². The average Bonchev–Trinajstić information content (AvgIpc) is 2.69. The topological polar surface area (TPSA) is 111 Å². The second-order valence-corrected chi connectivity index (χ2v) is 8.14.